The molecule has 1 N–H and O–H groups in total. The summed E-state index contributed by atoms with van der Waals surface area (Å²) in [5.41, 5.74) is 2.88. The number of anilines is 1. The molecule has 1 aliphatic heterocycles. The zero-order valence-corrected chi connectivity index (χ0v) is 18.1. The average molecular weight is 442 g/mol. The van der Waals surface area contributed by atoms with E-state index < -0.39 is 11.7 Å². The van der Waals surface area contributed by atoms with Gasteiger partial charge < -0.3 is 4.90 Å². The van der Waals surface area contributed by atoms with E-state index in [-0.39, 0.29) is 5.56 Å². The van der Waals surface area contributed by atoms with Gasteiger partial charge in [0.05, 0.1) is 5.56 Å². The summed E-state index contributed by atoms with van der Waals surface area (Å²) in [7, 11) is 0. The molecule has 0 unspecified atom stereocenters. The molecule has 1 fully saturated rings. The van der Waals surface area contributed by atoms with Crippen molar-refractivity contribution in [2.45, 2.75) is 13.5 Å². The number of hydrogen-bond donors (Lipinski definition) is 1. The third kappa shape index (κ3) is 4.92. The highest BCUT2D eigenvalue weighted by atomic mass is 35.5. The number of rotatable bonds is 5. The highest BCUT2D eigenvalue weighted by Crippen LogP contribution is 2.26. The van der Waals surface area contributed by atoms with Crippen LogP contribution in [0, 0.1) is 12.7 Å². The zero-order valence-electron chi connectivity index (χ0n) is 15.8. The SMILES string of the molecule is CSNC(=O)c1cc(Cl)c(CN2CCN(c3ccc(Cl)c(C)c3)CC2)cc1F. The van der Waals surface area contributed by atoms with E-state index in [2.05, 4.69) is 20.6 Å². The predicted molar refractivity (Wildman–Crippen MR) is 116 cm³/mol. The predicted octanol–water partition coefficient (Wildman–Crippen LogP) is 4.77. The third-order valence-corrected chi connectivity index (χ3v) is 6.01. The van der Waals surface area contributed by atoms with Crippen LogP contribution < -0.4 is 9.62 Å². The summed E-state index contributed by atoms with van der Waals surface area (Å²) in [5, 5.41) is 1.18. The molecule has 4 nitrogen and oxygen atoms in total. The Morgan fingerprint density at radius 1 is 1.14 bits per heavy atom. The number of hydrogen-bond acceptors (Lipinski definition) is 4. The Bertz CT molecular complexity index is 873. The molecule has 0 bridgehead atoms. The number of nitrogens with one attached hydrogen (secondary N) is 1. The molecule has 0 radical (unpaired) electrons. The van der Waals surface area contributed by atoms with Crippen molar-refractivity contribution in [3.05, 3.63) is 62.9 Å². The number of halogens is 3. The molecule has 1 aliphatic rings. The van der Waals surface area contributed by atoms with Crippen molar-refractivity contribution >= 4 is 46.7 Å². The van der Waals surface area contributed by atoms with E-state index in [1.807, 2.05) is 19.1 Å². The molecule has 2 aromatic carbocycles. The van der Waals surface area contributed by atoms with Crippen LogP contribution in [0.25, 0.3) is 0 Å². The third-order valence-electron chi connectivity index (χ3n) is 4.85. The maximum absolute atomic E-state index is 14.3. The fraction of sp³-hybridized carbons (Fsp3) is 0.350. The summed E-state index contributed by atoms with van der Waals surface area (Å²) < 4.78 is 16.9. The van der Waals surface area contributed by atoms with Crippen molar-refractivity contribution in [3.8, 4) is 0 Å². The van der Waals surface area contributed by atoms with E-state index in [9.17, 15) is 9.18 Å². The van der Waals surface area contributed by atoms with Gasteiger partial charge in [-0.05, 0) is 48.4 Å². The topological polar surface area (TPSA) is 35.6 Å². The van der Waals surface area contributed by atoms with Crippen LogP contribution in [0.4, 0.5) is 10.1 Å². The van der Waals surface area contributed by atoms with Gasteiger partial charge in [0.15, 0.2) is 0 Å². The first-order valence-corrected chi connectivity index (χ1v) is 10.9. The molecule has 1 saturated heterocycles. The smallest absolute Gasteiger partial charge is 0.264 e. The highest BCUT2D eigenvalue weighted by Gasteiger charge is 2.20. The van der Waals surface area contributed by atoms with Gasteiger partial charge in [0.1, 0.15) is 5.82 Å². The van der Waals surface area contributed by atoms with Crippen molar-refractivity contribution < 1.29 is 9.18 Å². The number of piperazine rings is 1. The first kappa shape index (κ1) is 21.2. The lowest BCUT2D eigenvalue weighted by Crippen LogP contribution is -2.46. The van der Waals surface area contributed by atoms with Gasteiger partial charge in [0.25, 0.3) is 5.91 Å². The van der Waals surface area contributed by atoms with Crippen LogP contribution >= 0.6 is 35.1 Å². The molecule has 0 saturated carbocycles. The molecule has 0 atom stereocenters. The number of benzene rings is 2. The lowest BCUT2D eigenvalue weighted by atomic mass is 10.1. The molecule has 0 aromatic heterocycles. The molecule has 0 spiro atoms. The molecule has 1 amide bonds. The largest absolute Gasteiger partial charge is 0.369 e. The minimum Gasteiger partial charge on any atom is -0.369 e. The first-order chi connectivity index (χ1) is 13.4. The van der Waals surface area contributed by atoms with Crippen LogP contribution in [0.3, 0.4) is 0 Å². The minimum atomic E-state index is -0.554. The lowest BCUT2D eigenvalue weighted by molar-refractivity contribution is 0.0980. The normalized spacial score (nSPS) is 15.0. The Morgan fingerprint density at radius 2 is 1.86 bits per heavy atom. The highest BCUT2D eigenvalue weighted by molar-refractivity contribution is 7.97. The van der Waals surface area contributed by atoms with Crippen LogP contribution in [0.1, 0.15) is 21.5 Å². The number of aryl methyl sites for hydroxylation is 1. The van der Waals surface area contributed by atoms with E-state index in [0.717, 1.165) is 54.4 Å². The van der Waals surface area contributed by atoms with Gasteiger partial charge in [-0.1, -0.05) is 35.1 Å². The Morgan fingerprint density at radius 3 is 2.50 bits per heavy atom. The molecule has 28 heavy (non-hydrogen) atoms. The molecule has 3 rings (SSSR count). The van der Waals surface area contributed by atoms with Crippen LogP contribution in [-0.2, 0) is 6.54 Å². The molecule has 1 heterocycles. The Hall–Kier alpha value is -1.47. The Labute approximate surface area is 179 Å². The van der Waals surface area contributed by atoms with Crippen molar-refractivity contribution in [3.63, 3.8) is 0 Å². The summed E-state index contributed by atoms with van der Waals surface area (Å²) >= 11 is 13.6. The molecule has 150 valence electrons. The molecule has 8 heteroatoms. The second-order valence-electron chi connectivity index (χ2n) is 6.76. The number of amides is 1. The van der Waals surface area contributed by atoms with Crippen molar-refractivity contribution in [1.29, 1.82) is 0 Å². The van der Waals surface area contributed by atoms with E-state index in [1.54, 1.807) is 6.26 Å². The summed E-state index contributed by atoms with van der Waals surface area (Å²) in [5.74, 6) is -1.04. The Kier molecular flexibility index (Phi) is 7.10. The van der Waals surface area contributed by atoms with Crippen molar-refractivity contribution in [2.24, 2.45) is 0 Å². The molecular formula is C20H22Cl2FN3OS. The quantitative estimate of drug-likeness (QED) is 0.677. The van der Waals surface area contributed by atoms with Crippen LogP contribution in [-0.4, -0.2) is 43.2 Å². The van der Waals surface area contributed by atoms with Crippen molar-refractivity contribution in [2.75, 3.05) is 37.3 Å². The molecule has 2 aromatic rings. The van der Waals surface area contributed by atoms with Gasteiger partial charge >= 0.3 is 0 Å². The number of nitrogens with zero attached hydrogens (tertiary/aromatic N) is 2. The fourth-order valence-electron chi connectivity index (χ4n) is 3.26. The van der Waals surface area contributed by atoms with Gasteiger partial charge in [-0.3, -0.25) is 14.4 Å². The van der Waals surface area contributed by atoms with E-state index in [4.69, 9.17) is 23.2 Å². The van der Waals surface area contributed by atoms with Crippen LogP contribution in [0.2, 0.25) is 10.0 Å². The van der Waals surface area contributed by atoms with Gasteiger partial charge in [0.2, 0.25) is 0 Å². The summed E-state index contributed by atoms with van der Waals surface area (Å²) in [6.45, 7) is 5.98. The van der Waals surface area contributed by atoms with Crippen LogP contribution in [0.5, 0.6) is 0 Å². The van der Waals surface area contributed by atoms with Gasteiger partial charge in [0, 0.05) is 54.7 Å². The number of carbonyl (C=O) groups excluding carboxylic acids is 1. The zero-order chi connectivity index (χ0) is 20.3. The maximum atomic E-state index is 14.3. The monoisotopic (exact) mass is 441 g/mol. The minimum absolute atomic E-state index is 0.0361. The van der Waals surface area contributed by atoms with Gasteiger partial charge in [-0.2, -0.15) is 0 Å². The fourth-order valence-corrected chi connectivity index (χ4v) is 3.90. The first-order valence-electron chi connectivity index (χ1n) is 8.93. The maximum Gasteiger partial charge on any atom is 0.264 e. The van der Waals surface area contributed by atoms with Crippen molar-refractivity contribution in [1.82, 2.24) is 9.62 Å². The lowest BCUT2D eigenvalue weighted by Gasteiger charge is -2.36. The van der Waals surface area contributed by atoms with E-state index >= 15 is 0 Å². The standard InChI is InChI=1S/C20H22Cl2FN3OS/c1-13-9-15(3-4-17(13)21)26-7-5-25(6-8-26)12-14-10-19(23)16(11-18(14)22)20(27)24-28-2/h3-4,9-11H,5-8,12H2,1-2H3,(H,24,27). The van der Waals surface area contributed by atoms with E-state index in [0.29, 0.717) is 17.1 Å². The summed E-state index contributed by atoms with van der Waals surface area (Å²) in [6.07, 6.45) is 1.71. The Balaban J connectivity index is 1.63. The van der Waals surface area contributed by atoms with Gasteiger partial charge in [-0.15, -0.1) is 0 Å². The molecular weight excluding hydrogens is 420 g/mol. The average Bonchev–Trinajstić information content (AvgIpc) is 2.67. The second-order valence-corrected chi connectivity index (χ2v) is 8.18. The summed E-state index contributed by atoms with van der Waals surface area (Å²) in [6, 6.07) is 8.84. The van der Waals surface area contributed by atoms with E-state index in [1.165, 1.54) is 12.1 Å². The summed E-state index contributed by atoms with van der Waals surface area (Å²) in [4.78, 5) is 16.4. The molecule has 0 aliphatic carbocycles. The number of carbonyl (C=O) groups is 1. The van der Waals surface area contributed by atoms with Gasteiger partial charge in [-0.25, -0.2) is 4.39 Å². The second kappa shape index (κ2) is 9.35. The van der Waals surface area contributed by atoms with Crippen LogP contribution in [0.15, 0.2) is 30.3 Å².